The van der Waals surface area contributed by atoms with Crippen LogP contribution in [-0.2, 0) is 12.8 Å². The predicted molar refractivity (Wildman–Crippen MR) is 89.5 cm³/mol. The molecule has 0 radical (unpaired) electrons. The van der Waals surface area contributed by atoms with Crippen molar-refractivity contribution in [2.24, 2.45) is 0 Å². The van der Waals surface area contributed by atoms with E-state index in [0.29, 0.717) is 17.4 Å². The first kappa shape index (κ1) is 15.3. The Morgan fingerprint density at radius 3 is 2.82 bits per heavy atom. The number of likely N-dealkylation sites (N-methyl/N-ethyl adjacent to an activating group) is 1. The zero-order valence-corrected chi connectivity index (χ0v) is 13.5. The number of aliphatic hydroxyl groups is 1. The molecule has 3 rings (SSSR count). The average molecular weight is 318 g/mol. The van der Waals surface area contributed by atoms with Gasteiger partial charge in [-0.15, -0.1) is 0 Å². The minimum atomic E-state index is 0.113. The third kappa shape index (κ3) is 3.08. The molecule has 0 atom stereocenters. The van der Waals surface area contributed by atoms with E-state index in [4.69, 9.17) is 21.6 Å². The minimum Gasteiger partial charge on any atom is -0.395 e. The molecule has 22 heavy (non-hydrogen) atoms. The van der Waals surface area contributed by atoms with Gasteiger partial charge in [-0.3, -0.25) is 0 Å². The summed E-state index contributed by atoms with van der Waals surface area (Å²) in [6.07, 6.45) is 4.34. The normalized spacial score (nSPS) is 13.8. The van der Waals surface area contributed by atoms with Gasteiger partial charge in [0, 0.05) is 35.4 Å². The second-order valence-corrected chi connectivity index (χ2v) is 6.10. The van der Waals surface area contributed by atoms with Crippen molar-refractivity contribution in [1.82, 2.24) is 9.97 Å². The quantitative estimate of drug-likeness (QED) is 0.941. The van der Waals surface area contributed by atoms with Gasteiger partial charge in [0.05, 0.1) is 6.61 Å². The topological polar surface area (TPSA) is 49.2 Å². The van der Waals surface area contributed by atoms with Crippen LogP contribution in [0.2, 0.25) is 5.02 Å². The molecule has 0 amide bonds. The summed E-state index contributed by atoms with van der Waals surface area (Å²) >= 11 is 6.09. The molecule has 116 valence electrons. The molecular formula is C17H20ClN3O. The summed E-state index contributed by atoms with van der Waals surface area (Å²) < 4.78 is 0. The first-order valence-electron chi connectivity index (χ1n) is 7.67. The molecule has 0 saturated heterocycles. The van der Waals surface area contributed by atoms with Gasteiger partial charge in [-0.1, -0.05) is 23.7 Å². The number of nitrogens with zero attached hydrogens (tertiary/aromatic N) is 3. The Labute approximate surface area is 135 Å². The maximum Gasteiger partial charge on any atom is 0.161 e. The van der Waals surface area contributed by atoms with E-state index in [2.05, 4.69) is 0 Å². The fourth-order valence-corrected chi connectivity index (χ4v) is 3.09. The van der Waals surface area contributed by atoms with E-state index in [1.54, 1.807) is 0 Å². The van der Waals surface area contributed by atoms with E-state index in [9.17, 15) is 5.11 Å². The molecule has 2 aromatic rings. The number of benzene rings is 1. The highest BCUT2D eigenvalue weighted by Gasteiger charge is 2.20. The van der Waals surface area contributed by atoms with Crippen molar-refractivity contribution in [2.45, 2.75) is 25.7 Å². The van der Waals surface area contributed by atoms with Gasteiger partial charge in [0.2, 0.25) is 0 Å². The number of aliphatic hydroxyl groups excluding tert-OH is 1. The lowest BCUT2D eigenvalue weighted by Gasteiger charge is -2.25. The van der Waals surface area contributed by atoms with Crippen LogP contribution in [0.3, 0.4) is 0 Å². The standard InChI is InChI=1S/C17H20ClN3O/c1-21(9-10-22)17-14-7-2-3-8-15(14)19-16(20-17)12-5-4-6-13(18)11-12/h4-6,11,22H,2-3,7-10H2,1H3. The largest absolute Gasteiger partial charge is 0.395 e. The highest BCUT2D eigenvalue weighted by atomic mass is 35.5. The molecule has 1 aromatic heterocycles. The van der Waals surface area contributed by atoms with Crippen LogP contribution in [0.25, 0.3) is 11.4 Å². The molecule has 0 unspecified atom stereocenters. The number of hydrogen-bond acceptors (Lipinski definition) is 4. The lowest BCUT2D eigenvalue weighted by Crippen LogP contribution is -2.25. The number of fused-ring (bicyclic) bond motifs is 1. The van der Waals surface area contributed by atoms with E-state index >= 15 is 0 Å². The molecule has 0 bridgehead atoms. The zero-order valence-electron chi connectivity index (χ0n) is 12.7. The van der Waals surface area contributed by atoms with Crippen LogP contribution in [0, 0.1) is 0 Å². The van der Waals surface area contributed by atoms with Crippen LogP contribution in [0.4, 0.5) is 5.82 Å². The summed E-state index contributed by atoms with van der Waals surface area (Å²) in [6, 6.07) is 7.63. The highest BCUT2D eigenvalue weighted by Crippen LogP contribution is 2.30. The minimum absolute atomic E-state index is 0.113. The Hall–Kier alpha value is -1.65. The van der Waals surface area contributed by atoms with Crippen LogP contribution < -0.4 is 4.90 Å². The van der Waals surface area contributed by atoms with Gasteiger partial charge in [-0.25, -0.2) is 9.97 Å². The fraction of sp³-hybridized carbons (Fsp3) is 0.412. The molecule has 0 fully saturated rings. The van der Waals surface area contributed by atoms with Gasteiger partial charge < -0.3 is 10.0 Å². The van der Waals surface area contributed by atoms with Gasteiger partial charge in [0.1, 0.15) is 5.82 Å². The first-order valence-corrected chi connectivity index (χ1v) is 8.04. The third-order valence-corrected chi connectivity index (χ3v) is 4.28. The molecular weight excluding hydrogens is 298 g/mol. The van der Waals surface area contributed by atoms with Crippen LogP contribution >= 0.6 is 11.6 Å². The van der Waals surface area contributed by atoms with Crippen molar-refractivity contribution in [3.63, 3.8) is 0 Å². The summed E-state index contributed by atoms with van der Waals surface area (Å²) in [7, 11) is 1.97. The molecule has 5 heteroatoms. The monoisotopic (exact) mass is 317 g/mol. The summed E-state index contributed by atoms with van der Waals surface area (Å²) in [5, 5.41) is 9.91. The van der Waals surface area contributed by atoms with Crippen molar-refractivity contribution in [2.75, 3.05) is 25.1 Å². The number of aryl methyl sites for hydroxylation is 1. The predicted octanol–water partition coefficient (Wildman–Crippen LogP) is 3.10. The summed E-state index contributed by atoms with van der Waals surface area (Å²) in [5.41, 5.74) is 3.29. The number of hydrogen-bond donors (Lipinski definition) is 1. The van der Waals surface area contributed by atoms with Gasteiger partial charge in [0.15, 0.2) is 5.82 Å². The number of aromatic nitrogens is 2. The van der Waals surface area contributed by atoms with E-state index in [1.807, 2.05) is 36.2 Å². The Balaban J connectivity index is 2.10. The van der Waals surface area contributed by atoms with Crippen molar-refractivity contribution in [3.05, 3.63) is 40.5 Å². The van der Waals surface area contributed by atoms with E-state index in [0.717, 1.165) is 29.9 Å². The van der Waals surface area contributed by atoms with Crippen LogP contribution in [0.1, 0.15) is 24.1 Å². The average Bonchev–Trinajstić information content (AvgIpc) is 2.54. The Kier molecular flexibility index (Phi) is 4.60. The van der Waals surface area contributed by atoms with Gasteiger partial charge in [0.25, 0.3) is 0 Å². The van der Waals surface area contributed by atoms with Crippen LogP contribution in [0.5, 0.6) is 0 Å². The number of halogens is 1. The lowest BCUT2D eigenvalue weighted by molar-refractivity contribution is 0.303. The van der Waals surface area contributed by atoms with Crippen LogP contribution in [-0.4, -0.2) is 35.3 Å². The molecule has 1 aliphatic carbocycles. The SMILES string of the molecule is CN(CCO)c1nc(-c2cccc(Cl)c2)nc2c1CCCC2. The van der Waals surface area contributed by atoms with E-state index in [1.165, 1.54) is 18.4 Å². The smallest absolute Gasteiger partial charge is 0.161 e. The maximum atomic E-state index is 9.22. The highest BCUT2D eigenvalue weighted by molar-refractivity contribution is 6.30. The third-order valence-electron chi connectivity index (χ3n) is 4.04. The molecule has 0 aliphatic heterocycles. The van der Waals surface area contributed by atoms with Crippen molar-refractivity contribution >= 4 is 17.4 Å². The van der Waals surface area contributed by atoms with Gasteiger partial charge in [-0.05, 0) is 37.8 Å². The molecule has 1 heterocycles. The summed E-state index contributed by atoms with van der Waals surface area (Å²) in [6.45, 7) is 0.681. The Bertz CT molecular complexity index is 675. The molecule has 1 aromatic carbocycles. The zero-order chi connectivity index (χ0) is 15.5. The molecule has 0 spiro atoms. The lowest BCUT2D eigenvalue weighted by atomic mass is 9.96. The maximum absolute atomic E-state index is 9.22. The fourth-order valence-electron chi connectivity index (χ4n) is 2.90. The van der Waals surface area contributed by atoms with Crippen molar-refractivity contribution < 1.29 is 5.11 Å². The first-order chi connectivity index (χ1) is 10.7. The van der Waals surface area contributed by atoms with Crippen molar-refractivity contribution in [3.8, 4) is 11.4 Å². The van der Waals surface area contributed by atoms with E-state index in [-0.39, 0.29) is 6.61 Å². The second kappa shape index (κ2) is 6.63. The molecule has 4 nitrogen and oxygen atoms in total. The van der Waals surface area contributed by atoms with Crippen molar-refractivity contribution in [1.29, 1.82) is 0 Å². The molecule has 0 saturated carbocycles. The number of rotatable bonds is 4. The van der Waals surface area contributed by atoms with Crippen LogP contribution in [0.15, 0.2) is 24.3 Å². The van der Waals surface area contributed by atoms with Gasteiger partial charge in [-0.2, -0.15) is 0 Å². The molecule has 1 N–H and O–H groups in total. The van der Waals surface area contributed by atoms with E-state index < -0.39 is 0 Å². The Morgan fingerprint density at radius 1 is 1.23 bits per heavy atom. The van der Waals surface area contributed by atoms with Gasteiger partial charge >= 0.3 is 0 Å². The molecule has 1 aliphatic rings. The number of anilines is 1. The summed E-state index contributed by atoms with van der Waals surface area (Å²) in [5.74, 6) is 1.65. The Morgan fingerprint density at radius 2 is 2.05 bits per heavy atom. The summed E-state index contributed by atoms with van der Waals surface area (Å²) in [4.78, 5) is 11.5. The second-order valence-electron chi connectivity index (χ2n) is 5.66.